The maximum absolute atomic E-state index is 12.9. The van der Waals surface area contributed by atoms with E-state index in [0.717, 1.165) is 12.6 Å². The van der Waals surface area contributed by atoms with Crippen LogP contribution in [0.15, 0.2) is 18.2 Å². The van der Waals surface area contributed by atoms with Crippen molar-refractivity contribution in [2.24, 2.45) is 5.73 Å². The zero-order valence-electron chi connectivity index (χ0n) is 11.2. The topological polar surface area (TPSA) is 67.2 Å². The molecule has 0 saturated carbocycles. The molecule has 4 N–H and O–H groups in total. The van der Waals surface area contributed by atoms with Crippen molar-refractivity contribution in [2.45, 2.75) is 19.6 Å². The highest BCUT2D eigenvalue weighted by Gasteiger charge is 2.33. The van der Waals surface area contributed by atoms with Gasteiger partial charge in [-0.3, -0.25) is 4.79 Å². The lowest BCUT2D eigenvalue weighted by atomic mass is 10.0. The summed E-state index contributed by atoms with van der Waals surface area (Å²) in [7, 11) is 0. The van der Waals surface area contributed by atoms with E-state index in [9.17, 15) is 18.0 Å². The molecule has 0 aliphatic heterocycles. The van der Waals surface area contributed by atoms with E-state index in [1.54, 1.807) is 0 Å². The van der Waals surface area contributed by atoms with Gasteiger partial charge in [-0.2, -0.15) is 13.2 Å². The number of nitrogens with one attached hydrogen (secondary N) is 2. The van der Waals surface area contributed by atoms with Crippen LogP contribution in [0, 0.1) is 0 Å². The molecular weight excluding hydrogens is 271 g/mol. The van der Waals surface area contributed by atoms with Gasteiger partial charge in [0.15, 0.2) is 0 Å². The normalized spacial score (nSPS) is 11.6. The Balaban J connectivity index is 2.81. The number of carbonyl (C=O) groups is 1. The average molecular weight is 289 g/mol. The molecule has 0 aliphatic rings. The predicted molar refractivity (Wildman–Crippen MR) is 70.2 cm³/mol. The first-order chi connectivity index (χ1) is 9.36. The summed E-state index contributed by atoms with van der Waals surface area (Å²) in [6.07, 6.45) is -4.51. The Kier molecular flexibility index (Phi) is 5.97. The fourth-order valence-corrected chi connectivity index (χ4v) is 1.72. The minimum Gasteiger partial charge on any atom is -0.366 e. The van der Waals surface area contributed by atoms with Gasteiger partial charge in [-0.05, 0) is 24.2 Å². The van der Waals surface area contributed by atoms with Crippen molar-refractivity contribution < 1.29 is 18.0 Å². The Hall–Kier alpha value is -1.60. The largest absolute Gasteiger partial charge is 0.416 e. The molecule has 7 heteroatoms. The molecule has 0 bridgehead atoms. The molecule has 20 heavy (non-hydrogen) atoms. The summed E-state index contributed by atoms with van der Waals surface area (Å²) in [4.78, 5) is 11.0. The molecule has 0 unspecified atom stereocenters. The fraction of sp³-hybridized carbons (Fsp3) is 0.462. The molecular formula is C13H18F3N3O. The van der Waals surface area contributed by atoms with Gasteiger partial charge in [0.1, 0.15) is 0 Å². The summed E-state index contributed by atoms with van der Waals surface area (Å²) in [5.74, 6) is -0.873. The lowest BCUT2D eigenvalue weighted by molar-refractivity contribution is -0.138. The van der Waals surface area contributed by atoms with Gasteiger partial charge in [0.05, 0.1) is 5.56 Å². The number of alkyl halides is 3. The highest BCUT2D eigenvalue weighted by Crippen LogP contribution is 2.32. The van der Waals surface area contributed by atoms with E-state index in [1.807, 2.05) is 6.92 Å². The molecule has 0 aromatic heterocycles. The Morgan fingerprint density at radius 1 is 1.25 bits per heavy atom. The van der Waals surface area contributed by atoms with Crippen molar-refractivity contribution in [1.82, 2.24) is 10.6 Å². The van der Waals surface area contributed by atoms with Gasteiger partial charge in [-0.1, -0.05) is 13.0 Å². The van der Waals surface area contributed by atoms with Gasteiger partial charge in [0.25, 0.3) is 0 Å². The van der Waals surface area contributed by atoms with Crippen LogP contribution in [0.5, 0.6) is 0 Å². The molecule has 0 spiro atoms. The van der Waals surface area contributed by atoms with Gasteiger partial charge in [-0.15, -0.1) is 0 Å². The smallest absolute Gasteiger partial charge is 0.366 e. The molecule has 1 aromatic rings. The quantitative estimate of drug-likeness (QED) is 0.666. The molecule has 0 radical (unpaired) electrons. The van der Waals surface area contributed by atoms with Crippen molar-refractivity contribution in [3.8, 4) is 0 Å². The lowest BCUT2D eigenvalue weighted by Gasteiger charge is -2.14. The van der Waals surface area contributed by atoms with Crippen molar-refractivity contribution in [1.29, 1.82) is 0 Å². The zero-order valence-corrected chi connectivity index (χ0v) is 11.2. The van der Waals surface area contributed by atoms with Gasteiger partial charge in [0.2, 0.25) is 5.91 Å². The maximum atomic E-state index is 12.9. The molecule has 0 heterocycles. The van der Waals surface area contributed by atoms with E-state index in [0.29, 0.717) is 13.1 Å². The fourth-order valence-electron chi connectivity index (χ4n) is 1.72. The average Bonchev–Trinajstić information content (AvgIpc) is 2.37. The molecule has 112 valence electrons. The molecule has 0 saturated heterocycles. The minimum absolute atomic E-state index is 0.0826. The monoisotopic (exact) mass is 289 g/mol. The number of rotatable bonds is 7. The Morgan fingerprint density at radius 3 is 2.45 bits per heavy atom. The van der Waals surface area contributed by atoms with Crippen LogP contribution in [0.25, 0.3) is 0 Å². The second-order valence-electron chi connectivity index (χ2n) is 4.26. The van der Waals surface area contributed by atoms with Crippen LogP contribution in [0.2, 0.25) is 0 Å². The molecule has 0 fully saturated rings. The highest BCUT2D eigenvalue weighted by molar-refractivity contribution is 5.93. The number of amides is 1. The second kappa shape index (κ2) is 7.25. The van der Waals surface area contributed by atoms with Gasteiger partial charge >= 0.3 is 6.18 Å². The Bertz CT molecular complexity index is 461. The van der Waals surface area contributed by atoms with Crippen LogP contribution >= 0.6 is 0 Å². The van der Waals surface area contributed by atoms with Gasteiger partial charge in [0, 0.05) is 25.2 Å². The molecule has 0 atom stereocenters. The van der Waals surface area contributed by atoms with Crippen molar-refractivity contribution >= 4 is 5.91 Å². The van der Waals surface area contributed by atoms with Crippen LogP contribution in [0.4, 0.5) is 13.2 Å². The third-order valence-corrected chi connectivity index (χ3v) is 2.74. The number of nitrogens with two attached hydrogens (primary N) is 1. The molecule has 0 aliphatic carbocycles. The second-order valence-corrected chi connectivity index (χ2v) is 4.26. The third-order valence-electron chi connectivity index (χ3n) is 2.74. The summed E-state index contributed by atoms with van der Waals surface area (Å²) >= 11 is 0. The van der Waals surface area contributed by atoms with E-state index < -0.39 is 17.6 Å². The number of hydrogen-bond acceptors (Lipinski definition) is 3. The predicted octanol–water partition coefficient (Wildman–Crippen LogP) is 1.50. The molecule has 1 rings (SSSR count). The zero-order chi connectivity index (χ0) is 15.2. The number of carbonyl (C=O) groups excluding carboxylic acids is 1. The van der Waals surface area contributed by atoms with Gasteiger partial charge in [-0.25, -0.2) is 0 Å². The lowest BCUT2D eigenvalue weighted by Crippen LogP contribution is -2.27. The van der Waals surface area contributed by atoms with Crippen LogP contribution in [-0.2, 0) is 12.7 Å². The van der Waals surface area contributed by atoms with E-state index in [4.69, 9.17) is 5.73 Å². The summed E-state index contributed by atoms with van der Waals surface area (Å²) in [6, 6.07) is 3.38. The van der Waals surface area contributed by atoms with Crippen LogP contribution in [-0.4, -0.2) is 25.5 Å². The maximum Gasteiger partial charge on any atom is 0.416 e. The summed E-state index contributed by atoms with van der Waals surface area (Å²) < 4.78 is 38.8. The van der Waals surface area contributed by atoms with Crippen LogP contribution < -0.4 is 16.4 Å². The number of halogens is 3. The molecule has 4 nitrogen and oxygen atoms in total. The standard InChI is InChI=1S/C13H18F3N3O/c1-2-18-5-6-19-8-10-4-3-9(12(17)20)7-11(10)13(14,15)16/h3-4,7,18-19H,2,5-6,8H2,1H3,(H2,17,20). The number of likely N-dealkylation sites (N-methyl/N-ethyl adjacent to an activating group) is 1. The summed E-state index contributed by atoms with van der Waals surface area (Å²) in [5, 5.41) is 5.98. The summed E-state index contributed by atoms with van der Waals surface area (Å²) in [5.41, 5.74) is 4.12. The molecule has 1 aromatic carbocycles. The first kappa shape index (κ1) is 16.5. The van der Waals surface area contributed by atoms with E-state index >= 15 is 0 Å². The Morgan fingerprint density at radius 2 is 1.90 bits per heavy atom. The van der Waals surface area contributed by atoms with Crippen molar-refractivity contribution in [3.63, 3.8) is 0 Å². The van der Waals surface area contributed by atoms with Gasteiger partial charge < -0.3 is 16.4 Å². The van der Waals surface area contributed by atoms with Crippen molar-refractivity contribution in [2.75, 3.05) is 19.6 Å². The highest BCUT2D eigenvalue weighted by atomic mass is 19.4. The molecule has 1 amide bonds. The van der Waals surface area contributed by atoms with Crippen molar-refractivity contribution in [3.05, 3.63) is 34.9 Å². The van der Waals surface area contributed by atoms with E-state index in [2.05, 4.69) is 10.6 Å². The Labute approximate surface area is 115 Å². The SMILES string of the molecule is CCNCCNCc1ccc(C(N)=O)cc1C(F)(F)F. The first-order valence-corrected chi connectivity index (χ1v) is 6.27. The first-order valence-electron chi connectivity index (χ1n) is 6.27. The number of benzene rings is 1. The van der Waals surface area contributed by atoms with E-state index in [-0.39, 0.29) is 17.7 Å². The third kappa shape index (κ3) is 4.82. The number of hydrogen-bond donors (Lipinski definition) is 3. The summed E-state index contributed by atoms with van der Waals surface area (Å²) in [6.45, 7) is 4.08. The van der Waals surface area contributed by atoms with E-state index in [1.165, 1.54) is 12.1 Å². The number of primary amides is 1. The minimum atomic E-state index is -4.51. The van der Waals surface area contributed by atoms with Crippen LogP contribution in [0.3, 0.4) is 0 Å². The van der Waals surface area contributed by atoms with Crippen LogP contribution in [0.1, 0.15) is 28.4 Å².